The molecule has 3 rings (SSSR count). The Morgan fingerprint density at radius 2 is 1.80 bits per heavy atom. The number of nitrogens with one attached hydrogen (secondary N) is 1. The molecule has 25 heavy (non-hydrogen) atoms. The van der Waals surface area contributed by atoms with Gasteiger partial charge in [-0.1, -0.05) is 26.0 Å². The van der Waals surface area contributed by atoms with Crippen molar-refractivity contribution in [2.24, 2.45) is 0 Å². The Labute approximate surface area is 145 Å². The largest absolute Gasteiger partial charge is 0.422 e. The number of fused-ring (bicyclic) bond motifs is 1. The molecule has 0 bridgehead atoms. The number of rotatable bonds is 4. The van der Waals surface area contributed by atoms with Crippen LogP contribution in [0, 0.1) is 13.8 Å². The first-order chi connectivity index (χ1) is 11.8. The zero-order valence-corrected chi connectivity index (χ0v) is 14.9. The molecular weight excluding hydrogens is 320 g/mol. The van der Waals surface area contributed by atoms with Crippen molar-refractivity contribution in [1.82, 2.24) is 10.2 Å². The van der Waals surface area contributed by atoms with Crippen LogP contribution in [0.1, 0.15) is 43.4 Å². The van der Waals surface area contributed by atoms with Crippen molar-refractivity contribution in [2.45, 2.75) is 52.6 Å². The van der Waals surface area contributed by atoms with E-state index in [-0.39, 0.29) is 12.5 Å². The maximum atomic E-state index is 12.8. The molecular formula is C19H22N2O4. The molecule has 6 nitrogen and oxygen atoms in total. The van der Waals surface area contributed by atoms with E-state index in [2.05, 4.69) is 5.32 Å². The van der Waals surface area contributed by atoms with E-state index in [0.29, 0.717) is 24.0 Å². The average Bonchev–Trinajstić information content (AvgIpc) is 2.83. The van der Waals surface area contributed by atoms with Crippen molar-refractivity contribution in [1.29, 1.82) is 0 Å². The fourth-order valence-corrected chi connectivity index (χ4v) is 3.37. The Hall–Kier alpha value is -2.63. The van der Waals surface area contributed by atoms with E-state index in [1.165, 1.54) is 11.0 Å². The number of carbonyl (C=O) groups is 2. The summed E-state index contributed by atoms with van der Waals surface area (Å²) in [5.41, 5.74) is 1.68. The monoisotopic (exact) mass is 342 g/mol. The SMILES string of the molecule is CCC1(CC)NC(=O)N(Cc2cc(=O)oc3c(C)c(C)ccc23)C1=O. The second-order valence-electron chi connectivity index (χ2n) is 6.59. The van der Waals surface area contributed by atoms with Gasteiger partial charge in [0.15, 0.2) is 0 Å². The van der Waals surface area contributed by atoms with Crippen LogP contribution in [-0.4, -0.2) is 22.4 Å². The van der Waals surface area contributed by atoms with Crippen LogP contribution in [0.4, 0.5) is 4.79 Å². The molecule has 1 aliphatic heterocycles. The Morgan fingerprint density at radius 1 is 1.12 bits per heavy atom. The Morgan fingerprint density at radius 3 is 2.40 bits per heavy atom. The van der Waals surface area contributed by atoms with Gasteiger partial charge in [0, 0.05) is 11.5 Å². The molecule has 1 aliphatic rings. The van der Waals surface area contributed by atoms with Gasteiger partial charge >= 0.3 is 11.7 Å². The number of carbonyl (C=O) groups excluding carboxylic acids is 2. The first kappa shape index (κ1) is 17.2. The molecule has 0 saturated carbocycles. The fourth-order valence-electron chi connectivity index (χ4n) is 3.37. The minimum Gasteiger partial charge on any atom is -0.422 e. The second-order valence-corrected chi connectivity index (χ2v) is 6.59. The highest BCUT2D eigenvalue weighted by Gasteiger charge is 2.48. The molecule has 0 atom stereocenters. The van der Waals surface area contributed by atoms with Crippen LogP contribution < -0.4 is 10.9 Å². The number of imide groups is 1. The second kappa shape index (κ2) is 6.02. The maximum Gasteiger partial charge on any atom is 0.336 e. The van der Waals surface area contributed by atoms with E-state index in [9.17, 15) is 14.4 Å². The van der Waals surface area contributed by atoms with Gasteiger partial charge in [0.2, 0.25) is 0 Å². The summed E-state index contributed by atoms with van der Waals surface area (Å²) in [5, 5.41) is 3.55. The lowest BCUT2D eigenvalue weighted by atomic mass is 9.93. The van der Waals surface area contributed by atoms with E-state index in [1.807, 2.05) is 39.8 Å². The van der Waals surface area contributed by atoms with Crippen LogP contribution in [0.25, 0.3) is 11.0 Å². The van der Waals surface area contributed by atoms with Crippen molar-refractivity contribution < 1.29 is 14.0 Å². The van der Waals surface area contributed by atoms with Crippen molar-refractivity contribution in [3.05, 3.63) is 45.3 Å². The zero-order chi connectivity index (χ0) is 18.4. The van der Waals surface area contributed by atoms with Crippen molar-refractivity contribution in [2.75, 3.05) is 0 Å². The fraction of sp³-hybridized carbons (Fsp3) is 0.421. The number of hydrogen-bond acceptors (Lipinski definition) is 4. The first-order valence-corrected chi connectivity index (χ1v) is 8.50. The first-order valence-electron chi connectivity index (χ1n) is 8.50. The zero-order valence-electron chi connectivity index (χ0n) is 14.9. The molecule has 3 amide bonds. The third kappa shape index (κ3) is 2.62. The van der Waals surface area contributed by atoms with Gasteiger partial charge in [-0.3, -0.25) is 9.69 Å². The number of amides is 3. The third-order valence-corrected chi connectivity index (χ3v) is 5.30. The summed E-state index contributed by atoms with van der Waals surface area (Å²) in [4.78, 5) is 38.3. The summed E-state index contributed by atoms with van der Waals surface area (Å²) in [6.45, 7) is 7.64. The molecule has 1 saturated heterocycles. The molecule has 132 valence electrons. The van der Waals surface area contributed by atoms with Crippen LogP contribution in [0.3, 0.4) is 0 Å². The quantitative estimate of drug-likeness (QED) is 0.684. The average molecular weight is 342 g/mol. The summed E-state index contributed by atoms with van der Waals surface area (Å²) in [6.07, 6.45) is 1.06. The normalized spacial score (nSPS) is 16.6. The molecule has 1 N–H and O–H groups in total. The summed E-state index contributed by atoms with van der Waals surface area (Å²) in [7, 11) is 0. The topological polar surface area (TPSA) is 79.6 Å². The van der Waals surface area contributed by atoms with E-state index in [0.717, 1.165) is 16.5 Å². The molecule has 0 spiro atoms. The standard InChI is InChI=1S/C19H22N2O4/c1-5-19(6-2)17(23)21(18(24)20-19)10-13-9-15(22)25-16-12(4)11(3)7-8-14(13)16/h7-9H,5-6,10H2,1-4H3,(H,20,24). The molecule has 1 fully saturated rings. The van der Waals surface area contributed by atoms with Crippen molar-refractivity contribution >= 4 is 22.9 Å². The van der Waals surface area contributed by atoms with Crippen LogP contribution in [0.15, 0.2) is 27.4 Å². The lowest BCUT2D eigenvalue weighted by Gasteiger charge is -2.23. The van der Waals surface area contributed by atoms with Gasteiger partial charge in [-0.15, -0.1) is 0 Å². The number of nitrogens with zero attached hydrogens (tertiary/aromatic N) is 1. The molecule has 6 heteroatoms. The smallest absolute Gasteiger partial charge is 0.336 e. The van der Waals surface area contributed by atoms with Gasteiger partial charge in [-0.05, 0) is 43.4 Å². The van der Waals surface area contributed by atoms with E-state index in [4.69, 9.17) is 4.42 Å². The van der Waals surface area contributed by atoms with E-state index >= 15 is 0 Å². The van der Waals surface area contributed by atoms with Crippen LogP contribution in [0.2, 0.25) is 0 Å². The minimum atomic E-state index is -0.848. The van der Waals surface area contributed by atoms with Crippen LogP contribution in [-0.2, 0) is 11.3 Å². The lowest BCUT2D eigenvalue weighted by molar-refractivity contribution is -0.131. The van der Waals surface area contributed by atoms with E-state index in [1.54, 1.807) is 0 Å². The lowest BCUT2D eigenvalue weighted by Crippen LogP contribution is -2.45. The van der Waals surface area contributed by atoms with Gasteiger partial charge in [0.1, 0.15) is 11.1 Å². The van der Waals surface area contributed by atoms with Crippen LogP contribution in [0.5, 0.6) is 0 Å². The molecule has 1 aromatic heterocycles. The highest BCUT2D eigenvalue weighted by atomic mass is 16.4. The molecule has 0 aliphatic carbocycles. The predicted molar refractivity (Wildman–Crippen MR) is 94.4 cm³/mol. The number of hydrogen-bond donors (Lipinski definition) is 1. The molecule has 2 aromatic rings. The summed E-state index contributed by atoms with van der Waals surface area (Å²) >= 11 is 0. The molecule has 0 unspecified atom stereocenters. The van der Waals surface area contributed by atoms with Gasteiger partial charge in [-0.25, -0.2) is 9.59 Å². The number of aryl methyl sites for hydroxylation is 2. The predicted octanol–water partition coefficient (Wildman–Crippen LogP) is 3.02. The number of urea groups is 1. The Kier molecular flexibility index (Phi) is 4.14. The Balaban J connectivity index is 2.07. The van der Waals surface area contributed by atoms with Crippen molar-refractivity contribution in [3.63, 3.8) is 0 Å². The van der Waals surface area contributed by atoms with E-state index < -0.39 is 17.2 Å². The number of benzene rings is 1. The summed E-state index contributed by atoms with van der Waals surface area (Å²) < 4.78 is 5.36. The van der Waals surface area contributed by atoms with Crippen LogP contribution >= 0.6 is 0 Å². The highest BCUT2D eigenvalue weighted by Crippen LogP contribution is 2.29. The highest BCUT2D eigenvalue weighted by molar-refractivity contribution is 6.07. The summed E-state index contributed by atoms with van der Waals surface area (Å²) in [6, 6.07) is 4.74. The van der Waals surface area contributed by atoms with Gasteiger partial charge in [0.05, 0.1) is 6.54 Å². The maximum absolute atomic E-state index is 12.8. The van der Waals surface area contributed by atoms with Gasteiger partial charge in [0.25, 0.3) is 5.91 Å². The molecule has 1 aromatic carbocycles. The minimum absolute atomic E-state index is 0.0526. The Bertz CT molecular complexity index is 925. The summed E-state index contributed by atoms with van der Waals surface area (Å²) in [5.74, 6) is -0.243. The molecule has 2 heterocycles. The third-order valence-electron chi connectivity index (χ3n) is 5.30. The molecule has 0 radical (unpaired) electrons. The van der Waals surface area contributed by atoms with Crippen molar-refractivity contribution in [3.8, 4) is 0 Å². The van der Waals surface area contributed by atoms with Gasteiger partial charge in [-0.2, -0.15) is 0 Å². The van der Waals surface area contributed by atoms with Gasteiger partial charge < -0.3 is 9.73 Å².